The van der Waals surface area contributed by atoms with Crippen molar-refractivity contribution in [2.24, 2.45) is 11.7 Å². The van der Waals surface area contributed by atoms with E-state index in [1.165, 1.54) is 25.7 Å². The molecule has 1 heterocycles. The summed E-state index contributed by atoms with van der Waals surface area (Å²) in [6, 6.07) is 0.775. The SMILES string of the molecule is CC(C)[C@H](N)C(=O)NC1CCN(C2CCCC2)CC1. The van der Waals surface area contributed by atoms with Gasteiger partial charge in [-0.25, -0.2) is 0 Å². The molecular weight excluding hydrogens is 238 g/mol. The van der Waals surface area contributed by atoms with Crippen LogP contribution in [0.4, 0.5) is 0 Å². The van der Waals surface area contributed by atoms with Crippen LogP contribution in [0.25, 0.3) is 0 Å². The van der Waals surface area contributed by atoms with E-state index < -0.39 is 0 Å². The van der Waals surface area contributed by atoms with E-state index in [0.29, 0.717) is 6.04 Å². The Morgan fingerprint density at radius 1 is 1.16 bits per heavy atom. The molecule has 3 N–H and O–H groups in total. The first-order valence-corrected chi connectivity index (χ1v) is 7.88. The number of nitrogens with two attached hydrogens (primary N) is 1. The average molecular weight is 267 g/mol. The molecule has 1 aliphatic heterocycles. The second-order valence-electron chi connectivity index (χ2n) is 6.53. The molecule has 0 aromatic rings. The minimum absolute atomic E-state index is 0.0225. The average Bonchev–Trinajstić information content (AvgIpc) is 2.92. The lowest BCUT2D eigenvalue weighted by atomic mass is 10.00. The topological polar surface area (TPSA) is 58.4 Å². The highest BCUT2D eigenvalue weighted by Gasteiger charge is 2.28. The Balaban J connectivity index is 1.72. The number of rotatable bonds is 4. The van der Waals surface area contributed by atoms with E-state index in [1.807, 2.05) is 13.8 Å². The molecule has 1 amide bonds. The zero-order valence-electron chi connectivity index (χ0n) is 12.4. The zero-order chi connectivity index (χ0) is 13.8. The molecule has 0 aromatic carbocycles. The van der Waals surface area contributed by atoms with Gasteiger partial charge in [-0.2, -0.15) is 0 Å². The summed E-state index contributed by atoms with van der Waals surface area (Å²) in [7, 11) is 0. The summed E-state index contributed by atoms with van der Waals surface area (Å²) < 4.78 is 0. The van der Waals surface area contributed by atoms with Crippen LogP contribution in [-0.2, 0) is 4.79 Å². The second-order valence-corrected chi connectivity index (χ2v) is 6.53. The maximum Gasteiger partial charge on any atom is 0.237 e. The molecular formula is C15H29N3O. The van der Waals surface area contributed by atoms with Crippen LogP contribution in [0, 0.1) is 5.92 Å². The first kappa shape index (κ1) is 14.8. The Bertz CT molecular complexity index is 292. The summed E-state index contributed by atoms with van der Waals surface area (Å²) >= 11 is 0. The molecule has 1 aliphatic carbocycles. The summed E-state index contributed by atoms with van der Waals surface area (Å²) in [5, 5.41) is 3.12. The third-order valence-corrected chi connectivity index (χ3v) is 4.74. The minimum Gasteiger partial charge on any atom is -0.352 e. The molecule has 2 aliphatic rings. The minimum atomic E-state index is -0.368. The maximum atomic E-state index is 11.9. The first-order chi connectivity index (χ1) is 9.08. The van der Waals surface area contributed by atoms with Crippen molar-refractivity contribution in [3.63, 3.8) is 0 Å². The predicted octanol–water partition coefficient (Wildman–Crippen LogP) is 1.49. The van der Waals surface area contributed by atoms with Crippen LogP contribution in [0.1, 0.15) is 52.4 Å². The largest absolute Gasteiger partial charge is 0.352 e. The quantitative estimate of drug-likeness (QED) is 0.811. The molecule has 2 fully saturated rings. The molecule has 0 radical (unpaired) electrons. The third-order valence-electron chi connectivity index (χ3n) is 4.74. The lowest BCUT2D eigenvalue weighted by Crippen LogP contribution is -2.52. The Hall–Kier alpha value is -0.610. The Morgan fingerprint density at radius 3 is 2.26 bits per heavy atom. The Kier molecular flexibility index (Phi) is 5.22. The number of carbonyl (C=O) groups is 1. The highest BCUT2D eigenvalue weighted by atomic mass is 16.2. The Labute approximate surface area is 117 Å². The number of hydrogen-bond acceptors (Lipinski definition) is 3. The molecule has 110 valence electrons. The monoisotopic (exact) mass is 267 g/mol. The molecule has 1 saturated heterocycles. The standard InChI is InChI=1S/C15H29N3O/c1-11(2)14(16)15(19)17-12-7-9-18(10-8-12)13-5-3-4-6-13/h11-14H,3-10,16H2,1-2H3,(H,17,19)/t14-/m0/s1. The summed E-state index contributed by atoms with van der Waals surface area (Å²) in [5.74, 6) is 0.230. The van der Waals surface area contributed by atoms with Gasteiger partial charge >= 0.3 is 0 Å². The number of nitrogens with one attached hydrogen (secondary N) is 1. The molecule has 4 nitrogen and oxygen atoms in total. The van der Waals surface area contributed by atoms with Crippen molar-refractivity contribution in [3.8, 4) is 0 Å². The van der Waals surface area contributed by atoms with Crippen LogP contribution in [0.2, 0.25) is 0 Å². The summed E-state index contributed by atoms with van der Waals surface area (Å²) in [4.78, 5) is 14.6. The number of piperidine rings is 1. The fourth-order valence-corrected chi connectivity index (χ4v) is 3.28. The molecule has 4 heteroatoms. The van der Waals surface area contributed by atoms with Crippen molar-refractivity contribution in [3.05, 3.63) is 0 Å². The van der Waals surface area contributed by atoms with Gasteiger partial charge in [-0.15, -0.1) is 0 Å². The normalized spacial score (nSPS) is 24.8. The Morgan fingerprint density at radius 2 is 1.74 bits per heavy atom. The van der Waals surface area contributed by atoms with Crippen LogP contribution >= 0.6 is 0 Å². The maximum absolute atomic E-state index is 11.9. The second kappa shape index (κ2) is 6.71. The van der Waals surface area contributed by atoms with Gasteiger partial charge in [0, 0.05) is 25.2 Å². The molecule has 0 bridgehead atoms. The fraction of sp³-hybridized carbons (Fsp3) is 0.933. The van der Waals surface area contributed by atoms with Crippen molar-refractivity contribution in [2.45, 2.75) is 70.5 Å². The number of amides is 1. The van der Waals surface area contributed by atoms with Crippen molar-refractivity contribution in [1.29, 1.82) is 0 Å². The van der Waals surface area contributed by atoms with Gasteiger partial charge in [-0.05, 0) is 31.6 Å². The molecule has 1 atom stereocenters. The van der Waals surface area contributed by atoms with Gasteiger partial charge in [0.2, 0.25) is 5.91 Å². The third kappa shape index (κ3) is 3.93. The molecule has 0 unspecified atom stereocenters. The van der Waals surface area contributed by atoms with E-state index in [-0.39, 0.29) is 17.9 Å². The lowest BCUT2D eigenvalue weighted by Gasteiger charge is -2.36. The summed E-state index contributed by atoms with van der Waals surface area (Å²) in [6.45, 7) is 6.25. The van der Waals surface area contributed by atoms with Crippen molar-refractivity contribution < 1.29 is 4.79 Å². The van der Waals surface area contributed by atoms with Crippen LogP contribution in [0.3, 0.4) is 0 Å². The van der Waals surface area contributed by atoms with E-state index in [1.54, 1.807) is 0 Å². The van der Waals surface area contributed by atoms with Crippen molar-refractivity contribution >= 4 is 5.91 Å². The van der Waals surface area contributed by atoms with Gasteiger partial charge in [0.25, 0.3) is 0 Å². The molecule has 19 heavy (non-hydrogen) atoms. The van der Waals surface area contributed by atoms with Gasteiger partial charge in [-0.1, -0.05) is 26.7 Å². The van der Waals surface area contributed by atoms with Gasteiger partial charge in [0.1, 0.15) is 0 Å². The number of carbonyl (C=O) groups excluding carboxylic acids is 1. The van der Waals surface area contributed by atoms with Crippen molar-refractivity contribution in [2.75, 3.05) is 13.1 Å². The van der Waals surface area contributed by atoms with E-state index in [9.17, 15) is 4.79 Å². The number of likely N-dealkylation sites (tertiary alicyclic amines) is 1. The van der Waals surface area contributed by atoms with Gasteiger partial charge in [0.05, 0.1) is 6.04 Å². The van der Waals surface area contributed by atoms with E-state index in [0.717, 1.165) is 32.0 Å². The molecule has 0 spiro atoms. The lowest BCUT2D eigenvalue weighted by molar-refractivity contribution is -0.124. The van der Waals surface area contributed by atoms with E-state index in [2.05, 4.69) is 10.2 Å². The predicted molar refractivity (Wildman–Crippen MR) is 77.8 cm³/mol. The van der Waals surface area contributed by atoms with E-state index >= 15 is 0 Å². The van der Waals surface area contributed by atoms with Crippen LogP contribution in [-0.4, -0.2) is 42.0 Å². The van der Waals surface area contributed by atoms with Gasteiger partial charge in [-0.3, -0.25) is 4.79 Å². The summed E-state index contributed by atoms with van der Waals surface area (Å²) in [6.07, 6.45) is 7.68. The molecule has 2 rings (SSSR count). The summed E-state index contributed by atoms with van der Waals surface area (Å²) in [5.41, 5.74) is 5.88. The van der Waals surface area contributed by atoms with E-state index in [4.69, 9.17) is 5.73 Å². The highest BCUT2D eigenvalue weighted by molar-refractivity contribution is 5.82. The highest BCUT2D eigenvalue weighted by Crippen LogP contribution is 2.26. The fourth-order valence-electron chi connectivity index (χ4n) is 3.28. The van der Waals surface area contributed by atoms with Crippen LogP contribution in [0.5, 0.6) is 0 Å². The van der Waals surface area contributed by atoms with Gasteiger partial charge < -0.3 is 16.0 Å². The molecule has 1 saturated carbocycles. The van der Waals surface area contributed by atoms with Crippen molar-refractivity contribution in [1.82, 2.24) is 10.2 Å². The first-order valence-electron chi connectivity index (χ1n) is 7.88. The smallest absolute Gasteiger partial charge is 0.237 e. The van der Waals surface area contributed by atoms with Gasteiger partial charge in [0.15, 0.2) is 0 Å². The zero-order valence-corrected chi connectivity index (χ0v) is 12.4. The molecule has 0 aromatic heterocycles. The number of nitrogens with zero attached hydrogens (tertiary/aromatic N) is 1. The van der Waals surface area contributed by atoms with Crippen LogP contribution in [0.15, 0.2) is 0 Å². The number of hydrogen-bond donors (Lipinski definition) is 2. The van der Waals surface area contributed by atoms with Crippen LogP contribution < -0.4 is 11.1 Å².